The molecule has 6 heteroatoms. The van der Waals surface area contributed by atoms with E-state index in [9.17, 15) is 4.79 Å². The fraction of sp³-hybridized carbons (Fsp3) is 0.300. The number of amides is 1. The Labute approximate surface area is 153 Å². The zero-order chi connectivity index (χ0) is 18.6. The van der Waals surface area contributed by atoms with Gasteiger partial charge in [-0.2, -0.15) is 5.10 Å². The lowest BCUT2D eigenvalue weighted by atomic mass is 9.92. The lowest BCUT2D eigenvalue weighted by Crippen LogP contribution is -2.19. The fourth-order valence-electron chi connectivity index (χ4n) is 2.55. The smallest absolute Gasteiger partial charge is 0.231 e. The van der Waals surface area contributed by atoms with Crippen molar-refractivity contribution < 1.29 is 4.79 Å². The zero-order valence-corrected chi connectivity index (χ0v) is 15.3. The number of nitrogens with one attached hydrogen (secondary N) is 1. The number of hydrogen-bond acceptors (Lipinski definition) is 4. The Morgan fingerprint density at radius 1 is 1.12 bits per heavy atom. The Balaban J connectivity index is 1.60. The van der Waals surface area contributed by atoms with Gasteiger partial charge in [0, 0.05) is 17.8 Å². The van der Waals surface area contributed by atoms with Crippen molar-refractivity contribution in [3.8, 4) is 0 Å². The summed E-state index contributed by atoms with van der Waals surface area (Å²) in [5.74, 6) is 0.175. The van der Waals surface area contributed by atoms with Crippen molar-refractivity contribution in [1.82, 2.24) is 19.7 Å². The van der Waals surface area contributed by atoms with Gasteiger partial charge in [0.25, 0.3) is 0 Å². The molecule has 1 amide bonds. The second kappa shape index (κ2) is 7.47. The fourth-order valence-corrected chi connectivity index (χ4v) is 2.55. The van der Waals surface area contributed by atoms with Gasteiger partial charge in [-0.1, -0.05) is 51.1 Å². The minimum Gasteiger partial charge on any atom is -0.294 e. The van der Waals surface area contributed by atoms with Crippen molar-refractivity contribution in [2.75, 3.05) is 5.32 Å². The van der Waals surface area contributed by atoms with Crippen molar-refractivity contribution in [1.29, 1.82) is 0 Å². The van der Waals surface area contributed by atoms with Gasteiger partial charge >= 0.3 is 0 Å². The van der Waals surface area contributed by atoms with Crippen molar-refractivity contribution in [2.24, 2.45) is 0 Å². The summed E-state index contributed by atoms with van der Waals surface area (Å²) in [6.07, 6.45) is 5.51. The number of rotatable bonds is 5. The third-order valence-electron chi connectivity index (χ3n) is 3.91. The molecule has 0 atom stereocenters. The lowest BCUT2D eigenvalue weighted by Gasteiger charge is -2.17. The molecule has 2 heterocycles. The normalized spacial score (nSPS) is 11.3. The molecule has 26 heavy (non-hydrogen) atoms. The van der Waals surface area contributed by atoms with E-state index >= 15 is 0 Å². The predicted molar refractivity (Wildman–Crippen MR) is 101 cm³/mol. The molecule has 6 nitrogen and oxygen atoms in total. The van der Waals surface area contributed by atoms with E-state index in [0.29, 0.717) is 12.5 Å². The first-order valence-electron chi connectivity index (χ1n) is 8.59. The van der Waals surface area contributed by atoms with Crippen molar-refractivity contribution >= 4 is 11.9 Å². The largest absolute Gasteiger partial charge is 0.294 e. The molecule has 1 aromatic carbocycles. The number of hydrogen-bond donors (Lipinski definition) is 1. The summed E-state index contributed by atoms with van der Waals surface area (Å²) in [6.45, 7) is 6.89. The Morgan fingerprint density at radius 3 is 2.62 bits per heavy atom. The zero-order valence-electron chi connectivity index (χ0n) is 15.3. The standard InChI is InChI=1S/C20H23N5O/c1-20(2,3)17-9-10-21-19(23-17)24-18(26)11-16-12-22-25(14-16)13-15-7-5-4-6-8-15/h4-10,12,14H,11,13H2,1-3H3,(H,21,23,24,26). The molecule has 3 aromatic rings. The Bertz CT molecular complexity index is 880. The third kappa shape index (κ3) is 4.75. The molecular weight excluding hydrogens is 326 g/mol. The quantitative estimate of drug-likeness (QED) is 0.768. The number of carbonyl (C=O) groups is 1. The van der Waals surface area contributed by atoms with Crippen LogP contribution >= 0.6 is 0 Å². The number of nitrogens with zero attached hydrogens (tertiary/aromatic N) is 4. The van der Waals surface area contributed by atoms with E-state index in [1.807, 2.05) is 47.3 Å². The Hall–Kier alpha value is -3.02. The number of aromatic nitrogens is 4. The van der Waals surface area contributed by atoms with Gasteiger partial charge in [0.2, 0.25) is 11.9 Å². The van der Waals surface area contributed by atoms with Crippen LogP contribution in [-0.2, 0) is 23.2 Å². The van der Waals surface area contributed by atoms with Crippen LogP contribution in [0.5, 0.6) is 0 Å². The van der Waals surface area contributed by atoms with E-state index in [1.54, 1.807) is 12.4 Å². The molecule has 0 aliphatic carbocycles. The van der Waals surface area contributed by atoms with Crippen LogP contribution in [0.25, 0.3) is 0 Å². The van der Waals surface area contributed by atoms with Crippen LogP contribution in [0, 0.1) is 0 Å². The molecule has 0 spiro atoms. The maximum absolute atomic E-state index is 12.3. The topological polar surface area (TPSA) is 72.7 Å². The third-order valence-corrected chi connectivity index (χ3v) is 3.91. The average molecular weight is 349 g/mol. The number of carbonyl (C=O) groups excluding carboxylic acids is 1. The van der Waals surface area contributed by atoms with Crippen LogP contribution in [0.1, 0.15) is 37.6 Å². The van der Waals surface area contributed by atoms with E-state index in [1.165, 1.54) is 5.56 Å². The second-order valence-corrected chi connectivity index (χ2v) is 7.27. The van der Waals surface area contributed by atoms with Crippen LogP contribution in [0.15, 0.2) is 55.0 Å². The molecule has 0 bridgehead atoms. The van der Waals surface area contributed by atoms with Gasteiger partial charge < -0.3 is 0 Å². The first-order chi connectivity index (χ1) is 12.4. The number of benzene rings is 1. The number of anilines is 1. The molecule has 3 rings (SSSR count). The highest BCUT2D eigenvalue weighted by Crippen LogP contribution is 2.20. The Morgan fingerprint density at radius 2 is 1.88 bits per heavy atom. The van der Waals surface area contributed by atoms with Crippen LogP contribution in [-0.4, -0.2) is 25.7 Å². The maximum Gasteiger partial charge on any atom is 0.231 e. The van der Waals surface area contributed by atoms with Gasteiger partial charge in [-0.05, 0) is 17.2 Å². The van der Waals surface area contributed by atoms with E-state index in [2.05, 4.69) is 41.2 Å². The summed E-state index contributed by atoms with van der Waals surface area (Å²) in [5, 5.41) is 7.09. The summed E-state index contributed by atoms with van der Waals surface area (Å²) in [7, 11) is 0. The molecule has 0 saturated carbocycles. The summed E-state index contributed by atoms with van der Waals surface area (Å²) in [6, 6.07) is 11.9. The van der Waals surface area contributed by atoms with Gasteiger partial charge in [0.05, 0.1) is 24.9 Å². The molecule has 0 fully saturated rings. The summed E-state index contributed by atoms with van der Waals surface area (Å²) in [5.41, 5.74) is 2.81. The highest BCUT2D eigenvalue weighted by atomic mass is 16.1. The van der Waals surface area contributed by atoms with E-state index in [0.717, 1.165) is 11.3 Å². The minimum atomic E-state index is -0.157. The van der Waals surface area contributed by atoms with Crippen molar-refractivity contribution in [2.45, 2.75) is 39.2 Å². The Kier molecular flexibility index (Phi) is 5.11. The van der Waals surface area contributed by atoms with E-state index in [4.69, 9.17) is 0 Å². The minimum absolute atomic E-state index is 0.0962. The lowest BCUT2D eigenvalue weighted by molar-refractivity contribution is -0.115. The molecule has 0 radical (unpaired) electrons. The van der Waals surface area contributed by atoms with Gasteiger partial charge in [-0.3, -0.25) is 14.8 Å². The van der Waals surface area contributed by atoms with Crippen LogP contribution < -0.4 is 5.32 Å². The van der Waals surface area contributed by atoms with Crippen molar-refractivity contribution in [3.05, 3.63) is 71.8 Å². The molecular formula is C20H23N5O. The van der Waals surface area contributed by atoms with Crippen LogP contribution in [0.3, 0.4) is 0 Å². The molecule has 1 N–H and O–H groups in total. The van der Waals surface area contributed by atoms with Crippen LogP contribution in [0.2, 0.25) is 0 Å². The van der Waals surface area contributed by atoms with Gasteiger partial charge in [0.1, 0.15) is 0 Å². The van der Waals surface area contributed by atoms with Gasteiger partial charge in [-0.15, -0.1) is 0 Å². The van der Waals surface area contributed by atoms with E-state index in [-0.39, 0.29) is 17.7 Å². The monoisotopic (exact) mass is 349 g/mol. The molecule has 0 unspecified atom stereocenters. The summed E-state index contributed by atoms with van der Waals surface area (Å²) in [4.78, 5) is 20.8. The highest BCUT2D eigenvalue weighted by molar-refractivity contribution is 5.90. The molecule has 2 aromatic heterocycles. The van der Waals surface area contributed by atoms with Gasteiger partial charge in [0.15, 0.2) is 0 Å². The van der Waals surface area contributed by atoms with Crippen molar-refractivity contribution in [3.63, 3.8) is 0 Å². The first-order valence-corrected chi connectivity index (χ1v) is 8.59. The SMILES string of the molecule is CC(C)(C)c1ccnc(NC(=O)Cc2cnn(Cc3ccccc3)c2)n1. The van der Waals surface area contributed by atoms with Crippen LogP contribution in [0.4, 0.5) is 5.95 Å². The molecule has 0 aliphatic heterocycles. The summed E-state index contributed by atoms with van der Waals surface area (Å²) < 4.78 is 1.83. The molecule has 134 valence electrons. The molecule has 0 aliphatic rings. The highest BCUT2D eigenvalue weighted by Gasteiger charge is 2.16. The summed E-state index contributed by atoms with van der Waals surface area (Å²) >= 11 is 0. The maximum atomic E-state index is 12.3. The second-order valence-electron chi connectivity index (χ2n) is 7.27. The first kappa shape index (κ1) is 17.8. The molecule has 0 saturated heterocycles. The van der Waals surface area contributed by atoms with E-state index < -0.39 is 0 Å². The predicted octanol–water partition coefficient (Wildman–Crippen LogP) is 3.20. The van der Waals surface area contributed by atoms with Gasteiger partial charge in [-0.25, -0.2) is 9.97 Å². The average Bonchev–Trinajstić information content (AvgIpc) is 3.02.